The third-order valence-corrected chi connectivity index (χ3v) is 10.4. The van der Waals surface area contributed by atoms with E-state index < -0.39 is 0 Å². The van der Waals surface area contributed by atoms with E-state index in [-0.39, 0.29) is 0 Å². The SMILES string of the molecule is c1ccc(-c2cc(-c3ccc(-n4c5ccccc5c5ccccc54)cc3)cc(-c3cccc(-c4nc(-c5ccccc5)cc(-c5ccccc5)n4)c3)c2)cc1. The van der Waals surface area contributed by atoms with Gasteiger partial charge in [0.2, 0.25) is 0 Å². The highest BCUT2D eigenvalue weighted by Crippen LogP contribution is 2.37. The van der Waals surface area contributed by atoms with E-state index in [4.69, 9.17) is 9.97 Å². The summed E-state index contributed by atoms with van der Waals surface area (Å²) in [6, 6.07) is 75.2. The van der Waals surface area contributed by atoms with Crippen molar-refractivity contribution in [2.75, 3.05) is 0 Å². The number of hydrogen-bond acceptors (Lipinski definition) is 2. The van der Waals surface area contributed by atoms with Gasteiger partial charge in [0.25, 0.3) is 0 Å². The lowest BCUT2D eigenvalue weighted by atomic mass is 9.92. The highest BCUT2D eigenvalue weighted by atomic mass is 15.0. The van der Waals surface area contributed by atoms with Crippen LogP contribution in [0.5, 0.6) is 0 Å². The lowest BCUT2D eigenvalue weighted by molar-refractivity contribution is 1.18. The number of rotatable bonds is 7. The molecule has 0 spiro atoms. The summed E-state index contributed by atoms with van der Waals surface area (Å²) in [5.74, 6) is 0.696. The molecule has 0 bridgehead atoms. The summed E-state index contributed by atoms with van der Waals surface area (Å²) in [5, 5.41) is 2.52. The zero-order valence-electron chi connectivity index (χ0n) is 30.0. The molecule has 2 heterocycles. The summed E-state index contributed by atoms with van der Waals surface area (Å²) in [6.45, 7) is 0. The van der Waals surface area contributed by atoms with Gasteiger partial charge in [0, 0.05) is 33.2 Å². The van der Waals surface area contributed by atoms with E-state index in [0.717, 1.165) is 56.0 Å². The minimum Gasteiger partial charge on any atom is -0.309 e. The number of para-hydroxylation sites is 2. The van der Waals surface area contributed by atoms with Crippen LogP contribution in [-0.4, -0.2) is 14.5 Å². The van der Waals surface area contributed by atoms with Gasteiger partial charge < -0.3 is 4.57 Å². The Kier molecular flexibility index (Phi) is 8.16. The summed E-state index contributed by atoms with van der Waals surface area (Å²) >= 11 is 0. The molecular weight excluding hydrogens is 667 g/mol. The van der Waals surface area contributed by atoms with Crippen molar-refractivity contribution >= 4 is 21.8 Å². The Morgan fingerprint density at radius 2 is 0.673 bits per heavy atom. The minimum absolute atomic E-state index is 0.696. The molecule has 258 valence electrons. The van der Waals surface area contributed by atoms with Gasteiger partial charge in [0.1, 0.15) is 0 Å². The first kappa shape index (κ1) is 32.3. The van der Waals surface area contributed by atoms with Crippen LogP contribution in [0.25, 0.3) is 94.8 Å². The van der Waals surface area contributed by atoms with Crippen LogP contribution in [0.3, 0.4) is 0 Å². The summed E-state index contributed by atoms with van der Waals surface area (Å²) in [4.78, 5) is 10.2. The third-order valence-electron chi connectivity index (χ3n) is 10.4. The molecule has 0 fully saturated rings. The third kappa shape index (κ3) is 6.18. The molecule has 10 aromatic rings. The van der Waals surface area contributed by atoms with Crippen LogP contribution < -0.4 is 0 Å². The predicted molar refractivity (Wildman–Crippen MR) is 229 cm³/mol. The zero-order chi connectivity index (χ0) is 36.6. The fraction of sp³-hybridized carbons (Fsp3) is 0. The fourth-order valence-corrected chi connectivity index (χ4v) is 7.69. The molecule has 0 amide bonds. The number of hydrogen-bond donors (Lipinski definition) is 0. The van der Waals surface area contributed by atoms with Crippen LogP contribution in [-0.2, 0) is 0 Å². The van der Waals surface area contributed by atoms with Gasteiger partial charge in [0.05, 0.1) is 22.4 Å². The van der Waals surface area contributed by atoms with Crippen molar-refractivity contribution in [1.82, 2.24) is 14.5 Å². The van der Waals surface area contributed by atoms with Crippen molar-refractivity contribution in [3.63, 3.8) is 0 Å². The Labute approximate surface area is 320 Å². The highest BCUT2D eigenvalue weighted by Gasteiger charge is 2.15. The van der Waals surface area contributed by atoms with Crippen molar-refractivity contribution in [1.29, 1.82) is 0 Å². The Morgan fingerprint density at radius 3 is 1.22 bits per heavy atom. The van der Waals surface area contributed by atoms with Crippen LogP contribution >= 0.6 is 0 Å². The van der Waals surface area contributed by atoms with Gasteiger partial charge in [-0.05, 0) is 88.0 Å². The number of benzene rings is 8. The Bertz CT molecular complexity index is 2840. The molecule has 2 aromatic heterocycles. The first-order chi connectivity index (χ1) is 27.2. The minimum atomic E-state index is 0.696. The molecule has 55 heavy (non-hydrogen) atoms. The van der Waals surface area contributed by atoms with Gasteiger partial charge in [-0.1, -0.05) is 158 Å². The molecule has 0 radical (unpaired) electrons. The monoisotopic (exact) mass is 701 g/mol. The average molecular weight is 702 g/mol. The smallest absolute Gasteiger partial charge is 0.160 e. The van der Waals surface area contributed by atoms with Gasteiger partial charge in [0.15, 0.2) is 5.82 Å². The zero-order valence-corrected chi connectivity index (χ0v) is 30.0. The molecule has 3 nitrogen and oxygen atoms in total. The van der Waals surface area contributed by atoms with Crippen LogP contribution in [0, 0.1) is 0 Å². The number of nitrogens with zero attached hydrogens (tertiary/aromatic N) is 3. The molecule has 0 saturated carbocycles. The second-order valence-electron chi connectivity index (χ2n) is 13.9. The van der Waals surface area contributed by atoms with Gasteiger partial charge in [-0.15, -0.1) is 0 Å². The standard InChI is InChI=1S/C52H35N3/c1-4-15-36(16-5-1)42-32-43(37-27-29-45(30-28-37)55-50-25-12-10-23-46(50)47-24-11-13-26-51(47)55)34-44(33-42)40-21-14-22-41(31-40)52-53-48(38-17-6-2-7-18-38)35-49(54-52)39-19-8-3-9-20-39/h1-35H. The fourth-order valence-electron chi connectivity index (χ4n) is 7.69. The topological polar surface area (TPSA) is 30.7 Å². The van der Waals surface area contributed by atoms with Gasteiger partial charge >= 0.3 is 0 Å². The molecule has 0 atom stereocenters. The van der Waals surface area contributed by atoms with Crippen LogP contribution in [0.15, 0.2) is 212 Å². The summed E-state index contributed by atoms with van der Waals surface area (Å²) in [6.07, 6.45) is 0. The predicted octanol–water partition coefficient (Wildman–Crippen LogP) is 13.6. The molecule has 3 heteroatoms. The number of aromatic nitrogens is 3. The van der Waals surface area contributed by atoms with Crippen LogP contribution in [0.2, 0.25) is 0 Å². The normalized spacial score (nSPS) is 11.3. The van der Waals surface area contributed by atoms with Crippen molar-refractivity contribution in [2.24, 2.45) is 0 Å². The Balaban J connectivity index is 1.08. The Morgan fingerprint density at radius 1 is 0.273 bits per heavy atom. The number of fused-ring (bicyclic) bond motifs is 3. The van der Waals surface area contributed by atoms with E-state index >= 15 is 0 Å². The summed E-state index contributed by atoms with van der Waals surface area (Å²) in [7, 11) is 0. The van der Waals surface area contributed by atoms with Crippen molar-refractivity contribution in [3.05, 3.63) is 212 Å². The lowest BCUT2D eigenvalue weighted by Crippen LogP contribution is -1.96. The van der Waals surface area contributed by atoms with Gasteiger partial charge in [-0.25, -0.2) is 9.97 Å². The maximum absolute atomic E-state index is 5.12. The van der Waals surface area contributed by atoms with Crippen molar-refractivity contribution < 1.29 is 0 Å². The molecule has 0 aliphatic carbocycles. The molecule has 8 aromatic carbocycles. The maximum atomic E-state index is 5.12. The van der Waals surface area contributed by atoms with Gasteiger partial charge in [-0.3, -0.25) is 0 Å². The second kappa shape index (κ2) is 13.9. The van der Waals surface area contributed by atoms with E-state index in [2.05, 4.69) is 205 Å². The first-order valence-corrected chi connectivity index (χ1v) is 18.7. The molecule has 0 N–H and O–H groups in total. The molecule has 0 saturated heterocycles. The average Bonchev–Trinajstić information content (AvgIpc) is 3.61. The van der Waals surface area contributed by atoms with E-state index in [1.54, 1.807) is 0 Å². The van der Waals surface area contributed by atoms with E-state index in [1.807, 2.05) is 12.1 Å². The van der Waals surface area contributed by atoms with E-state index in [9.17, 15) is 0 Å². The molecule has 10 rings (SSSR count). The highest BCUT2D eigenvalue weighted by molar-refractivity contribution is 6.09. The van der Waals surface area contributed by atoms with Crippen molar-refractivity contribution in [2.45, 2.75) is 0 Å². The van der Waals surface area contributed by atoms with Crippen molar-refractivity contribution in [3.8, 4) is 73.0 Å². The first-order valence-electron chi connectivity index (χ1n) is 18.7. The molecule has 0 aliphatic rings. The van der Waals surface area contributed by atoms with E-state index in [0.29, 0.717) is 5.82 Å². The van der Waals surface area contributed by atoms with E-state index in [1.165, 1.54) is 32.9 Å². The van der Waals surface area contributed by atoms with Crippen LogP contribution in [0.1, 0.15) is 0 Å². The second-order valence-corrected chi connectivity index (χ2v) is 13.9. The summed E-state index contributed by atoms with van der Waals surface area (Å²) < 4.78 is 2.36. The Hall–Kier alpha value is -7.36. The maximum Gasteiger partial charge on any atom is 0.160 e. The lowest BCUT2D eigenvalue weighted by Gasteiger charge is -2.14. The largest absolute Gasteiger partial charge is 0.309 e. The molecule has 0 aliphatic heterocycles. The van der Waals surface area contributed by atoms with Crippen LogP contribution in [0.4, 0.5) is 0 Å². The van der Waals surface area contributed by atoms with Gasteiger partial charge in [-0.2, -0.15) is 0 Å². The molecular formula is C52H35N3. The molecule has 0 unspecified atom stereocenters. The summed E-state index contributed by atoms with van der Waals surface area (Å²) in [5.41, 5.74) is 15.3. The quantitative estimate of drug-likeness (QED) is 0.166.